The Balaban J connectivity index is 1.68. The lowest BCUT2D eigenvalue weighted by Gasteiger charge is -2.04. The third-order valence-corrected chi connectivity index (χ3v) is 3.54. The standard InChI is InChI=1S/C16H13N3O7/c1-9-11(4-5-24-9)16(21)18-17-15(20)3-2-10-6-13-14(26-8-25-13)7-12(10)19(22)23/h2-7H,8H2,1H3,(H,17,20)(H,18,21)/b3-2+. The molecule has 2 aromatic rings. The van der Waals surface area contributed by atoms with Gasteiger partial charge in [-0.15, -0.1) is 0 Å². The molecule has 2 amide bonds. The highest BCUT2D eigenvalue weighted by Crippen LogP contribution is 2.38. The third kappa shape index (κ3) is 3.48. The lowest BCUT2D eigenvalue weighted by molar-refractivity contribution is -0.385. The average Bonchev–Trinajstić information content (AvgIpc) is 3.24. The third-order valence-electron chi connectivity index (χ3n) is 3.54. The highest BCUT2D eigenvalue weighted by atomic mass is 16.7. The average molecular weight is 359 g/mol. The van der Waals surface area contributed by atoms with Gasteiger partial charge in [0.1, 0.15) is 5.76 Å². The molecular weight excluding hydrogens is 346 g/mol. The number of hydrazine groups is 1. The number of amides is 2. The Bertz CT molecular complexity index is 917. The van der Waals surface area contributed by atoms with E-state index in [1.807, 2.05) is 0 Å². The number of carbonyl (C=O) groups is 2. The van der Waals surface area contributed by atoms with Crippen molar-refractivity contribution in [2.24, 2.45) is 0 Å². The van der Waals surface area contributed by atoms with Crippen LogP contribution in [-0.4, -0.2) is 23.5 Å². The van der Waals surface area contributed by atoms with Gasteiger partial charge in [0.15, 0.2) is 11.5 Å². The zero-order valence-corrected chi connectivity index (χ0v) is 13.5. The van der Waals surface area contributed by atoms with E-state index in [-0.39, 0.29) is 29.4 Å². The molecule has 0 radical (unpaired) electrons. The molecule has 0 spiro atoms. The highest BCUT2D eigenvalue weighted by molar-refractivity contribution is 5.98. The minimum absolute atomic E-state index is 0.0282. The van der Waals surface area contributed by atoms with Crippen LogP contribution in [0, 0.1) is 17.0 Å². The molecular formula is C16H13N3O7. The van der Waals surface area contributed by atoms with Crippen LogP contribution in [0.1, 0.15) is 21.7 Å². The van der Waals surface area contributed by atoms with E-state index in [9.17, 15) is 19.7 Å². The molecule has 0 bridgehead atoms. The van der Waals surface area contributed by atoms with Crippen molar-refractivity contribution in [3.63, 3.8) is 0 Å². The van der Waals surface area contributed by atoms with Crippen LogP contribution in [0.5, 0.6) is 11.5 Å². The van der Waals surface area contributed by atoms with Crippen molar-refractivity contribution < 1.29 is 28.4 Å². The summed E-state index contributed by atoms with van der Waals surface area (Å²) < 4.78 is 15.3. The summed E-state index contributed by atoms with van der Waals surface area (Å²) in [6, 6.07) is 4.09. The van der Waals surface area contributed by atoms with Crippen molar-refractivity contribution in [3.8, 4) is 11.5 Å². The summed E-state index contributed by atoms with van der Waals surface area (Å²) in [6.07, 6.45) is 3.64. The molecule has 0 saturated heterocycles. The van der Waals surface area contributed by atoms with Gasteiger partial charge in [-0.1, -0.05) is 0 Å². The molecule has 26 heavy (non-hydrogen) atoms. The maximum Gasteiger partial charge on any atom is 0.280 e. The molecule has 134 valence electrons. The van der Waals surface area contributed by atoms with E-state index in [4.69, 9.17) is 13.9 Å². The zero-order valence-electron chi connectivity index (χ0n) is 13.5. The number of nitro benzene ring substituents is 1. The number of ether oxygens (including phenoxy) is 2. The topological polar surface area (TPSA) is 133 Å². The van der Waals surface area contributed by atoms with Crippen molar-refractivity contribution in [1.82, 2.24) is 10.9 Å². The number of nitro groups is 1. The summed E-state index contributed by atoms with van der Waals surface area (Å²) in [6.45, 7) is 1.58. The van der Waals surface area contributed by atoms with Crippen LogP contribution >= 0.6 is 0 Å². The van der Waals surface area contributed by atoms with Gasteiger partial charge in [-0.2, -0.15) is 0 Å². The number of nitrogens with one attached hydrogen (secondary N) is 2. The second-order valence-electron chi connectivity index (χ2n) is 5.19. The summed E-state index contributed by atoms with van der Waals surface area (Å²) in [5, 5.41) is 11.2. The van der Waals surface area contributed by atoms with Crippen LogP contribution in [-0.2, 0) is 4.79 Å². The fourth-order valence-corrected chi connectivity index (χ4v) is 2.25. The van der Waals surface area contributed by atoms with E-state index in [2.05, 4.69) is 10.9 Å². The summed E-state index contributed by atoms with van der Waals surface area (Å²) in [7, 11) is 0. The predicted octanol–water partition coefficient (Wildman–Crippen LogP) is 1.70. The Labute approximate surface area is 146 Å². The first-order valence-electron chi connectivity index (χ1n) is 7.36. The first kappa shape index (κ1) is 17.0. The molecule has 0 fully saturated rings. The normalized spacial score (nSPS) is 12.2. The lowest BCUT2D eigenvalue weighted by Crippen LogP contribution is -2.40. The van der Waals surface area contributed by atoms with E-state index < -0.39 is 16.7 Å². The van der Waals surface area contributed by atoms with Crippen molar-refractivity contribution in [2.75, 3.05) is 6.79 Å². The number of rotatable bonds is 4. The molecule has 2 N–H and O–H groups in total. The molecule has 1 aromatic carbocycles. The van der Waals surface area contributed by atoms with Crippen LogP contribution in [0.15, 0.2) is 35.0 Å². The molecule has 0 saturated carbocycles. The van der Waals surface area contributed by atoms with Gasteiger partial charge in [0.25, 0.3) is 17.5 Å². The monoisotopic (exact) mass is 359 g/mol. The smallest absolute Gasteiger partial charge is 0.280 e. The molecule has 0 atom stereocenters. The van der Waals surface area contributed by atoms with Crippen LogP contribution < -0.4 is 20.3 Å². The first-order chi connectivity index (χ1) is 12.5. The van der Waals surface area contributed by atoms with Crippen LogP contribution in [0.2, 0.25) is 0 Å². The number of fused-ring (bicyclic) bond motifs is 1. The van der Waals surface area contributed by atoms with Gasteiger partial charge in [0.2, 0.25) is 6.79 Å². The molecule has 0 aliphatic carbocycles. The Kier molecular flexibility index (Phi) is 4.56. The molecule has 10 heteroatoms. The second-order valence-corrected chi connectivity index (χ2v) is 5.19. The van der Waals surface area contributed by atoms with Gasteiger partial charge in [0, 0.05) is 6.08 Å². The summed E-state index contributed by atoms with van der Waals surface area (Å²) >= 11 is 0. The molecule has 10 nitrogen and oxygen atoms in total. The van der Waals surface area contributed by atoms with E-state index in [1.165, 1.54) is 30.5 Å². The van der Waals surface area contributed by atoms with Gasteiger partial charge in [-0.25, -0.2) is 0 Å². The summed E-state index contributed by atoms with van der Waals surface area (Å²) in [5.74, 6) is -0.206. The van der Waals surface area contributed by atoms with E-state index >= 15 is 0 Å². The lowest BCUT2D eigenvalue weighted by atomic mass is 10.1. The SMILES string of the molecule is Cc1occc1C(=O)NNC(=O)/C=C/c1cc2c(cc1[N+](=O)[O-])OCO2. The maximum absolute atomic E-state index is 11.8. The number of aryl methyl sites for hydroxylation is 1. The number of carbonyl (C=O) groups excluding carboxylic acids is 2. The zero-order chi connectivity index (χ0) is 18.7. The molecule has 1 aliphatic heterocycles. The van der Waals surface area contributed by atoms with Gasteiger partial charge in [0.05, 0.1) is 28.4 Å². The molecule has 2 heterocycles. The number of nitrogens with zero attached hydrogens (tertiary/aromatic N) is 1. The summed E-state index contributed by atoms with van der Waals surface area (Å²) in [5.41, 5.74) is 4.59. The van der Waals surface area contributed by atoms with Gasteiger partial charge < -0.3 is 13.9 Å². The number of hydrogen-bond donors (Lipinski definition) is 2. The van der Waals surface area contributed by atoms with E-state index in [0.29, 0.717) is 11.5 Å². The Morgan fingerprint density at radius 1 is 1.23 bits per heavy atom. The number of benzene rings is 1. The van der Waals surface area contributed by atoms with E-state index in [1.54, 1.807) is 6.92 Å². The van der Waals surface area contributed by atoms with Crippen molar-refractivity contribution in [1.29, 1.82) is 0 Å². The van der Waals surface area contributed by atoms with Crippen LogP contribution in [0.3, 0.4) is 0 Å². The predicted molar refractivity (Wildman–Crippen MR) is 87.3 cm³/mol. The maximum atomic E-state index is 11.8. The van der Waals surface area contributed by atoms with Crippen molar-refractivity contribution in [2.45, 2.75) is 6.92 Å². The van der Waals surface area contributed by atoms with Gasteiger partial charge in [-0.3, -0.25) is 30.6 Å². The second kappa shape index (κ2) is 6.97. The van der Waals surface area contributed by atoms with E-state index in [0.717, 1.165) is 6.08 Å². The minimum atomic E-state index is -0.675. The fourth-order valence-electron chi connectivity index (χ4n) is 2.25. The molecule has 1 aliphatic rings. The Hall–Kier alpha value is -3.82. The Morgan fingerprint density at radius 3 is 2.62 bits per heavy atom. The number of hydrogen-bond acceptors (Lipinski definition) is 7. The highest BCUT2D eigenvalue weighted by Gasteiger charge is 2.22. The minimum Gasteiger partial charge on any atom is -0.469 e. The molecule has 3 rings (SSSR count). The molecule has 1 aromatic heterocycles. The fraction of sp³-hybridized carbons (Fsp3) is 0.125. The van der Waals surface area contributed by atoms with Crippen LogP contribution in [0.25, 0.3) is 6.08 Å². The summed E-state index contributed by atoms with van der Waals surface area (Å²) in [4.78, 5) is 34.2. The number of furan rings is 1. The molecule has 0 unspecified atom stereocenters. The van der Waals surface area contributed by atoms with Crippen LogP contribution in [0.4, 0.5) is 5.69 Å². The first-order valence-corrected chi connectivity index (χ1v) is 7.36. The Morgan fingerprint density at radius 2 is 1.96 bits per heavy atom. The van der Waals surface area contributed by atoms with Gasteiger partial charge in [-0.05, 0) is 25.1 Å². The van der Waals surface area contributed by atoms with Crippen molar-refractivity contribution in [3.05, 3.63) is 57.5 Å². The largest absolute Gasteiger partial charge is 0.469 e. The van der Waals surface area contributed by atoms with Crippen molar-refractivity contribution >= 4 is 23.6 Å². The van der Waals surface area contributed by atoms with Gasteiger partial charge >= 0.3 is 0 Å². The quantitative estimate of drug-likeness (QED) is 0.482.